The van der Waals surface area contributed by atoms with Crippen LogP contribution in [0.25, 0.3) is 0 Å². The Labute approximate surface area is 79.0 Å². The molecule has 4 nitrogen and oxygen atoms in total. The molecule has 1 saturated heterocycles. The fourth-order valence-electron chi connectivity index (χ4n) is 1.50. The van der Waals surface area contributed by atoms with E-state index < -0.39 is 0 Å². The van der Waals surface area contributed by atoms with Gasteiger partial charge in [-0.3, -0.25) is 4.79 Å². The Bertz CT molecular complexity index is 156. The van der Waals surface area contributed by atoms with Crippen LogP contribution in [-0.2, 0) is 9.53 Å². The summed E-state index contributed by atoms with van der Waals surface area (Å²) in [5.41, 5.74) is 0. The highest BCUT2D eigenvalue weighted by Crippen LogP contribution is 2.09. The fraction of sp³-hybridized carbons (Fsp3) is 0.889. The number of nitrogens with one attached hydrogen (secondary N) is 2. The van der Waals surface area contributed by atoms with E-state index >= 15 is 0 Å². The van der Waals surface area contributed by atoms with Crippen molar-refractivity contribution in [3.05, 3.63) is 0 Å². The van der Waals surface area contributed by atoms with Gasteiger partial charge in [-0.25, -0.2) is 0 Å². The first kappa shape index (κ1) is 10.5. The molecule has 13 heavy (non-hydrogen) atoms. The van der Waals surface area contributed by atoms with E-state index in [0.717, 1.165) is 25.9 Å². The van der Waals surface area contributed by atoms with Gasteiger partial charge in [-0.2, -0.15) is 0 Å². The Hall–Kier alpha value is -0.610. The minimum atomic E-state index is 0.157. The number of methoxy groups -OCH3 is 1. The summed E-state index contributed by atoms with van der Waals surface area (Å²) in [5.74, 6) is 0.315. The molecule has 0 aromatic rings. The largest absolute Gasteiger partial charge is 0.383 e. The summed E-state index contributed by atoms with van der Waals surface area (Å²) in [5, 5.41) is 6.06. The summed E-state index contributed by atoms with van der Waals surface area (Å²) >= 11 is 0. The molecule has 4 heteroatoms. The van der Waals surface area contributed by atoms with Crippen molar-refractivity contribution in [2.45, 2.75) is 12.8 Å². The molecule has 1 atom stereocenters. The van der Waals surface area contributed by atoms with Crippen LogP contribution in [0.1, 0.15) is 12.8 Å². The van der Waals surface area contributed by atoms with Crippen molar-refractivity contribution in [1.29, 1.82) is 0 Å². The first-order valence-electron chi connectivity index (χ1n) is 4.82. The van der Waals surface area contributed by atoms with Crippen molar-refractivity contribution < 1.29 is 9.53 Å². The van der Waals surface area contributed by atoms with Gasteiger partial charge in [0.2, 0.25) is 5.91 Å². The van der Waals surface area contributed by atoms with Crippen molar-refractivity contribution >= 4 is 5.91 Å². The number of amides is 1. The topological polar surface area (TPSA) is 50.4 Å². The normalized spacial score (nSPS) is 22.7. The van der Waals surface area contributed by atoms with Crippen LogP contribution in [0.4, 0.5) is 0 Å². The molecule has 0 aromatic heterocycles. The van der Waals surface area contributed by atoms with Crippen LogP contribution < -0.4 is 10.6 Å². The second-order valence-electron chi connectivity index (χ2n) is 3.33. The Morgan fingerprint density at radius 1 is 1.69 bits per heavy atom. The molecule has 1 amide bonds. The maximum Gasteiger partial charge on any atom is 0.224 e. The molecule has 0 aromatic carbocycles. The Morgan fingerprint density at radius 2 is 2.54 bits per heavy atom. The van der Waals surface area contributed by atoms with Crippen molar-refractivity contribution in [3.63, 3.8) is 0 Å². The maximum atomic E-state index is 11.5. The van der Waals surface area contributed by atoms with Gasteiger partial charge in [0.25, 0.3) is 0 Å². The molecule has 0 bridgehead atoms. The Balaban J connectivity index is 2.13. The number of ether oxygens (including phenoxy) is 1. The molecule has 1 fully saturated rings. The zero-order valence-corrected chi connectivity index (χ0v) is 8.14. The van der Waals surface area contributed by atoms with E-state index in [2.05, 4.69) is 10.6 Å². The highest BCUT2D eigenvalue weighted by Gasteiger charge is 2.19. The van der Waals surface area contributed by atoms with Crippen molar-refractivity contribution in [2.24, 2.45) is 5.92 Å². The van der Waals surface area contributed by atoms with E-state index in [0.29, 0.717) is 13.2 Å². The maximum absolute atomic E-state index is 11.5. The predicted octanol–water partition coefficient (Wildman–Crippen LogP) is -0.251. The molecule has 0 unspecified atom stereocenters. The summed E-state index contributed by atoms with van der Waals surface area (Å²) in [6.45, 7) is 3.07. The van der Waals surface area contributed by atoms with E-state index in [1.165, 1.54) is 0 Å². The molecule has 1 aliphatic rings. The standard InChI is InChI=1S/C9H18N2O2/c1-13-6-5-11-9(12)8-3-2-4-10-7-8/h8,10H,2-7H2,1H3,(H,11,12)/t8-/m0/s1. The fourth-order valence-corrected chi connectivity index (χ4v) is 1.50. The zero-order chi connectivity index (χ0) is 9.52. The molecule has 2 N–H and O–H groups in total. The first-order chi connectivity index (χ1) is 6.34. The van der Waals surface area contributed by atoms with Gasteiger partial charge in [0, 0.05) is 20.2 Å². The monoisotopic (exact) mass is 186 g/mol. The summed E-state index contributed by atoms with van der Waals surface area (Å²) in [6, 6.07) is 0. The molecule has 0 aliphatic carbocycles. The number of carbonyl (C=O) groups excluding carboxylic acids is 1. The first-order valence-corrected chi connectivity index (χ1v) is 4.82. The van der Waals surface area contributed by atoms with Crippen LogP contribution in [0.15, 0.2) is 0 Å². The molecule has 1 aliphatic heterocycles. The van der Waals surface area contributed by atoms with Crippen LogP contribution in [-0.4, -0.2) is 39.3 Å². The number of piperidine rings is 1. The molecule has 0 radical (unpaired) electrons. The Kier molecular flexibility index (Phi) is 4.78. The minimum absolute atomic E-state index is 0.157. The summed E-state index contributed by atoms with van der Waals surface area (Å²) < 4.78 is 4.85. The summed E-state index contributed by atoms with van der Waals surface area (Å²) in [4.78, 5) is 11.5. The van der Waals surface area contributed by atoms with E-state index in [-0.39, 0.29) is 11.8 Å². The third-order valence-electron chi connectivity index (χ3n) is 2.27. The van der Waals surface area contributed by atoms with Crippen molar-refractivity contribution in [3.8, 4) is 0 Å². The third-order valence-corrected chi connectivity index (χ3v) is 2.27. The highest BCUT2D eigenvalue weighted by atomic mass is 16.5. The van der Waals surface area contributed by atoms with Crippen LogP contribution in [0.5, 0.6) is 0 Å². The van der Waals surface area contributed by atoms with E-state index in [4.69, 9.17) is 4.74 Å². The predicted molar refractivity (Wildman–Crippen MR) is 50.5 cm³/mol. The second-order valence-corrected chi connectivity index (χ2v) is 3.33. The van der Waals surface area contributed by atoms with Gasteiger partial charge in [-0.1, -0.05) is 0 Å². The number of hydrogen-bond donors (Lipinski definition) is 2. The number of hydrogen-bond acceptors (Lipinski definition) is 3. The van der Waals surface area contributed by atoms with Crippen molar-refractivity contribution in [2.75, 3.05) is 33.4 Å². The second kappa shape index (κ2) is 5.94. The highest BCUT2D eigenvalue weighted by molar-refractivity contribution is 5.78. The van der Waals surface area contributed by atoms with Gasteiger partial charge in [-0.15, -0.1) is 0 Å². The van der Waals surface area contributed by atoms with E-state index in [9.17, 15) is 4.79 Å². The average molecular weight is 186 g/mol. The minimum Gasteiger partial charge on any atom is -0.383 e. The molecular weight excluding hydrogens is 168 g/mol. The summed E-state index contributed by atoms with van der Waals surface area (Å²) in [6.07, 6.45) is 2.11. The quantitative estimate of drug-likeness (QED) is 0.595. The molecular formula is C9H18N2O2. The number of rotatable bonds is 4. The Morgan fingerprint density at radius 3 is 3.15 bits per heavy atom. The summed E-state index contributed by atoms with van der Waals surface area (Å²) in [7, 11) is 1.63. The average Bonchev–Trinajstić information content (AvgIpc) is 2.19. The van der Waals surface area contributed by atoms with Gasteiger partial charge < -0.3 is 15.4 Å². The SMILES string of the molecule is COCCNC(=O)[C@H]1CCCNC1. The lowest BCUT2D eigenvalue weighted by Gasteiger charge is -2.21. The lowest BCUT2D eigenvalue weighted by molar-refractivity contribution is -0.125. The van der Waals surface area contributed by atoms with Gasteiger partial charge in [0.15, 0.2) is 0 Å². The van der Waals surface area contributed by atoms with Gasteiger partial charge >= 0.3 is 0 Å². The van der Waals surface area contributed by atoms with E-state index in [1.54, 1.807) is 7.11 Å². The third kappa shape index (κ3) is 3.74. The molecule has 0 saturated carbocycles. The number of carbonyl (C=O) groups is 1. The van der Waals surface area contributed by atoms with Gasteiger partial charge in [0.1, 0.15) is 0 Å². The van der Waals surface area contributed by atoms with Gasteiger partial charge in [0.05, 0.1) is 12.5 Å². The van der Waals surface area contributed by atoms with Gasteiger partial charge in [-0.05, 0) is 19.4 Å². The molecule has 1 rings (SSSR count). The lowest BCUT2D eigenvalue weighted by atomic mass is 9.99. The van der Waals surface area contributed by atoms with E-state index in [1.807, 2.05) is 0 Å². The molecule has 1 heterocycles. The lowest BCUT2D eigenvalue weighted by Crippen LogP contribution is -2.41. The van der Waals surface area contributed by atoms with Crippen LogP contribution >= 0.6 is 0 Å². The molecule has 0 spiro atoms. The van der Waals surface area contributed by atoms with Crippen molar-refractivity contribution in [1.82, 2.24) is 10.6 Å². The molecule has 76 valence electrons. The van der Waals surface area contributed by atoms with Crippen LogP contribution in [0, 0.1) is 5.92 Å². The van der Waals surface area contributed by atoms with Crippen LogP contribution in [0.3, 0.4) is 0 Å². The smallest absolute Gasteiger partial charge is 0.224 e. The van der Waals surface area contributed by atoms with Crippen LogP contribution in [0.2, 0.25) is 0 Å². The zero-order valence-electron chi connectivity index (χ0n) is 8.14.